The Kier molecular flexibility index (Phi) is 7.58. The lowest BCUT2D eigenvalue weighted by molar-refractivity contribution is -0.113. The summed E-state index contributed by atoms with van der Waals surface area (Å²) in [5, 5.41) is 3.39. The summed E-state index contributed by atoms with van der Waals surface area (Å²) >= 11 is 1.25. The molecule has 8 heteroatoms. The van der Waals surface area contributed by atoms with E-state index in [1.807, 2.05) is 30.3 Å². The third kappa shape index (κ3) is 5.12. The number of nitrogens with zero attached hydrogens (tertiary/aromatic N) is 2. The van der Waals surface area contributed by atoms with Gasteiger partial charge in [0.15, 0.2) is 5.16 Å². The van der Waals surface area contributed by atoms with Gasteiger partial charge in [-0.1, -0.05) is 67.4 Å². The zero-order valence-electron chi connectivity index (χ0n) is 23.3. The number of carbonyl (C=O) groups excluding carboxylic acids is 1. The third-order valence-corrected chi connectivity index (χ3v) is 9.17. The highest BCUT2D eigenvalue weighted by Crippen LogP contribution is 2.49. The van der Waals surface area contributed by atoms with Gasteiger partial charge in [0, 0.05) is 16.7 Å². The van der Waals surface area contributed by atoms with Crippen LogP contribution in [0.4, 0.5) is 5.69 Å². The average molecular weight is 568 g/mol. The van der Waals surface area contributed by atoms with E-state index in [-0.39, 0.29) is 22.6 Å². The molecule has 1 saturated carbocycles. The van der Waals surface area contributed by atoms with Gasteiger partial charge in [-0.2, -0.15) is 0 Å². The largest absolute Gasteiger partial charge is 0.497 e. The van der Waals surface area contributed by atoms with Gasteiger partial charge in [0.2, 0.25) is 5.91 Å². The molecule has 1 N–H and O–H groups in total. The molecule has 0 bridgehead atoms. The van der Waals surface area contributed by atoms with E-state index in [0.717, 1.165) is 48.9 Å². The Morgan fingerprint density at radius 2 is 1.68 bits per heavy atom. The van der Waals surface area contributed by atoms with Gasteiger partial charge < -0.3 is 14.8 Å². The number of hydrogen-bond acceptors (Lipinski definition) is 6. The van der Waals surface area contributed by atoms with E-state index in [1.165, 1.54) is 23.7 Å². The monoisotopic (exact) mass is 567 g/mol. The van der Waals surface area contributed by atoms with Gasteiger partial charge in [-0.05, 0) is 61.2 Å². The van der Waals surface area contributed by atoms with E-state index in [1.54, 1.807) is 43.1 Å². The molecule has 1 aromatic heterocycles. The van der Waals surface area contributed by atoms with Gasteiger partial charge in [-0.3, -0.25) is 14.2 Å². The number of rotatable bonds is 7. The van der Waals surface area contributed by atoms with E-state index >= 15 is 0 Å². The van der Waals surface area contributed by atoms with Crippen LogP contribution in [-0.2, 0) is 16.6 Å². The van der Waals surface area contributed by atoms with Crippen LogP contribution in [-0.4, -0.2) is 35.4 Å². The maximum atomic E-state index is 14.7. The van der Waals surface area contributed by atoms with E-state index < -0.39 is 0 Å². The number of hydrogen-bond donors (Lipinski definition) is 1. The molecule has 2 aliphatic carbocycles. The van der Waals surface area contributed by atoms with Gasteiger partial charge in [0.1, 0.15) is 11.5 Å². The second-order valence-corrected chi connectivity index (χ2v) is 11.6. The lowest BCUT2D eigenvalue weighted by Crippen LogP contribution is -2.43. The van der Waals surface area contributed by atoms with Crippen LogP contribution in [0.2, 0.25) is 0 Å². The Morgan fingerprint density at radius 3 is 2.44 bits per heavy atom. The van der Waals surface area contributed by atoms with E-state index in [2.05, 4.69) is 23.5 Å². The van der Waals surface area contributed by atoms with Crippen molar-refractivity contribution in [1.29, 1.82) is 0 Å². The Labute approximate surface area is 243 Å². The van der Waals surface area contributed by atoms with Crippen molar-refractivity contribution in [3.8, 4) is 28.4 Å². The normalized spacial score (nSPS) is 15.1. The third-order valence-electron chi connectivity index (χ3n) is 8.23. The van der Waals surface area contributed by atoms with Gasteiger partial charge in [-0.25, -0.2) is 4.98 Å². The summed E-state index contributed by atoms with van der Waals surface area (Å²) in [5.41, 5.74) is 4.77. The highest BCUT2D eigenvalue weighted by molar-refractivity contribution is 7.99. The molecular formula is C33H33N3O4S. The Bertz CT molecular complexity index is 1640. The molecule has 0 atom stereocenters. The van der Waals surface area contributed by atoms with Crippen molar-refractivity contribution in [3.05, 3.63) is 94.3 Å². The molecule has 0 unspecified atom stereocenters. The second kappa shape index (κ2) is 11.4. The number of benzene rings is 3. The van der Waals surface area contributed by atoms with Crippen LogP contribution in [0.15, 0.2) is 82.7 Å². The Hall–Kier alpha value is -4.04. The SMILES string of the molecule is COc1ccc(NC(=O)CSc2nc3c(c(=O)n2-c2ccccc2OC)C2(CCCCC2)Cc2ccccc2-3)cc1. The van der Waals surface area contributed by atoms with Crippen molar-refractivity contribution in [1.82, 2.24) is 9.55 Å². The molecular weight excluding hydrogens is 534 g/mol. The van der Waals surface area contributed by atoms with Gasteiger partial charge in [-0.15, -0.1) is 0 Å². The quantitative estimate of drug-likeness (QED) is 0.205. The highest BCUT2D eigenvalue weighted by Gasteiger charge is 2.43. The Morgan fingerprint density at radius 1 is 0.951 bits per heavy atom. The molecule has 210 valence electrons. The van der Waals surface area contributed by atoms with Crippen LogP contribution >= 0.6 is 11.8 Å². The number of aromatic nitrogens is 2. The zero-order valence-corrected chi connectivity index (χ0v) is 24.1. The molecule has 41 heavy (non-hydrogen) atoms. The first-order valence-electron chi connectivity index (χ1n) is 14.0. The predicted molar refractivity (Wildman–Crippen MR) is 163 cm³/mol. The summed E-state index contributed by atoms with van der Waals surface area (Å²) in [6, 6.07) is 23.0. The van der Waals surface area contributed by atoms with Crippen molar-refractivity contribution in [3.63, 3.8) is 0 Å². The van der Waals surface area contributed by atoms with Crippen LogP contribution in [0.3, 0.4) is 0 Å². The van der Waals surface area contributed by atoms with Crippen LogP contribution in [0.25, 0.3) is 16.9 Å². The number of nitrogens with one attached hydrogen (secondary N) is 1. The molecule has 1 spiro atoms. The molecule has 6 rings (SSSR count). The van der Waals surface area contributed by atoms with Crippen molar-refractivity contribution in [2.75, 3.05) is 25.3 Å². The number of anilines is 1. The topological polar surface area (TPSA) is 82.5 Å². The molecule has 0 radical (unpaired) electrons. The molecule has 1 heterocycles. The summed E-state index contributed by atoms with van der Waals surface area (Å²) in [6.07, 6.45) is 6.15. The summed E-state index contributed by atoms with van der Waals surface area (Å²) in [7, 11) is 3.20. The number of fused-ring (bicyclic) bond motifs is 4. The molecule has 1 amide bonds. The fourth-order valence-electron chi connectivity index (χ4n) is 6.31. The smallest absolute Gasteiger partial charge is 0.263 e. The fourth-order valence-corrected chi connectivity index (χ4v) is 7.11. The van der Waals surface area contributed by atoms with Crippen LogP contribution in [0.1, 0.15) is 43.2 Å². The fraction of sp³-hybridized carbons (Fsp3) is 0.303. The number of thioether (sulfide) groups is 1. The first kappa shape index (κ1) is 27.1. The van der Waals surface area contributed by atoms with Crippen LogP contribution in [0.5, 0.6) is 11.5 Å². The minimum atomic E-state index is -0.245. The van der Waals surface area contributed by atoms with Crippen LogP contribution < -0.4 is 20.3 Å². The maximum Gasteiger partial charge on any atom is 0.263 e. The predicted octanol–water partition coefficient (Wildman–Crippen LogP) is 6.41. The minimum Gasteiger partial charge on any atom is -0.497 e. The zero-order chi connectivity index (χ0) is 28.4. The molecule has 1 fully saturated rings. The number of methoxy groups -OCH3 is 2. The summed E-state index contributed by atoms with van der Waals surface area (Å²) in [6.45, 7) is 0. The lowest BCUT2D eigenvalue weighted by atomic mass is 9.62. The number of ether oxygens (including phenoxy) is 2. The number of amides is 1. The lowest BCUT2D eigenvalue weighted by Gasteiger charge is -2.42. The van der Waals surface area contributed by atoms with E-state index in [0.29, 0.717) is 28.0 Å². The van der Waals surface area contributed by atoms with Gasteiger partial charge >= 0.3 is 0 Å². The standard InChI is InChI=1S/C33H33N3O4S/c1-39-24-16-14-23(15-17-24)34-28(37)21-41-32-35-30-25-11-5-4-10-22(25)20-33(18-8-3-9-19-33)29(30)31(38)36(32)26-12-6-7-13-27(26)40-2/h4-7,10-17H,3,8-9,18-21H2,1-2H3,(H,34,37). The van der Waals surface area contributed by atoms with Gasteiger partial charge in [0.25, 0.3) is 5.56 Å². The first-order valence-corrected chi connectivity index (χ1v) is 15.0. The van der Waals surface area contributed by atoms with Crippen molar-refractivity contribution in [2.45, 2.75) is 49.1 Å². The number of carbonyl (C=O) groups is 1. The van der Waals surface area contributed by atoms with Crippen molar-refractivity contribution >= 4 is 23.4 Å². The molecule has 4 aromatic rings. The number of para-hydroxylation sites is 2. The van der Waals surface area contributed by atoms with Crippen molar-refractivity contribution < 1.29 is 14.3 Å². The van der Waals surface area contributed by atoms with Crippen molar-refractivity contribution in [2.24, 2.45) is 0 Å². The van der Waals surface area contributed by atoms with Gasteiger partial charge in [0.05, 0.1) is 36.9 Å². The summed E-state index contributed by atoms with van der Waals surface area (Å²) in [4.78, 5) is 32.9. The second-order valence-electron chi connectivity index (χ2n) is 10.7. The van der Waals surface area contributed by atoms with E-state index in [9.17, 15) is 9.59 Å². The molecule has 7 nitrogen and oxygen atoms in total. The summed E-state index contributed by atoms with van der Waals surface area (Å²) < 4.78 is 12.6. The van der Waals surface area contributed by atoms with Crippen LogP contribution in [0, 0.1) is 0 Å². The molecule has 3 aromatic carbocycles. The minimum absolute atomic E-state index is 0.0750. The summed E-state index contributed by atoms with van der Waals surface area (Å²) in [5.74, 6) is 1.18. The molecule has 0 saturated heterocycles. The first-order chi connectivity index (χ1) is 20.0. The average Bonchev–Trinajstić information content (AvgIpc) is 3.00. The highest BCUT2D eigenvalue weighted by atomic mass is 32.2. The molecule has 2 aliphatic rings. The van der Waals surface area contributed by atoms with E-state index in [4.69, 9.17) is 14.5 Å². The molecule has 0 aliphatic heterocycles. The maximum absolute atomic E-state index is 14.7. The Balaban J connectivity index is 1.46.